The number of hydrogen-bond acceptors (Lipinski definition) is 4. The summed E-state index contributed by atoms with van der Waals surface area (Å²) in [5.74, 6) is 0. The van der Waals surface area contributed by atoms with Gasteiger partial charge in [0.25, 0.3) is 0 Å². The molecule has 0 aliphatic rings. The van der Waals surface area contributed by atoms with Gasteiger partial charge in [-0.3, -0.25) is 0 Å². The lowest BCUT2D eigenvalue weighted by atomic mass is 10.0. The van der Waals surface area contributed by atoms with Crippen molar-refractivity contribution in [3.8, 4) is 33.4 Å². The summed E-state index contributed by atoms with van der Waals surface area (Å²) in [6, 6.07) is 79.8. The third kappa shape index (κ3) is 7.46. The molecule has 322 valence electrons. The molecular formula is C64H44N2S2. The number of anilines is 6. The molecule has 0 atom stereocenters. The molecule has 2 nitrogen and oxygen atoms in total. The maximum atomic E-state index is 8.09. The second-order valence-electron chi connectivity index (χ2n) is 16.8. The third-order valence-electron chi connectivity index (χ3n) is 12.8. The summed E-state index contributed by atoms with van der Waals surface area (Å²) in [7, 11) is 0. The van der Waals surface area contributed by atoms with Crippen molar-refractivity contribution < 1.29 is 8.22 Å². The van der Waals surface area contributed by atoms with Crippen molar-refractivity contribution in [3.05, 3.63) is 255 Å². The topological polar surface area (TPSA) is 6.48 Å². The number of thiophene rings is 2. The average molecular weight is 911 g/mol. The number of benzene rings is 10. The Morgan fingerprint density at radius 1 is 0.324 bits per heavy atom. The lowest BCUT2D eigenvalue weighted by molar-refractivity contribution is 1.30. The fourth-order valence-corrected chi connectivity index (χ4v) is 11.8. The van der Waals surface area contributed by atoms with Gasteiger partial charge < -0.3 is 9.80 Å². The molecule has 12 aromatic rings. The van der Waals surface area contributed by atoms with E-state index < -0.39 is 13.1 Å². The lowest BCUT2D eigenvalue weighted by Gasteiger charge is -2.27. The molecule has 0 saturated carbocycles. The van der Waals surface area contributed by atoms with Crippen molar-refractivity contribution in [3.63, 3.8) is 0 Å². The van der Waals surface area contributed by atoms with Crippen LogP contribution in [0.4, 0.5) is 34.1 Å². The molecule has 0 unspecified atom stereocenters. The molecule has 68 heavy (non-hydrogen) atoms. The highest BCUT2D eigenvalue weighted by Crippen LogP contribution is 2.47. The van der Waals surface area contributed by atoms with E-state index >= 15 is 0 Å². The molecule has 4 heteroatoms. The van der Waals surface area contributed by atoms with Crippen LogP contribution in [0.15, 0.2) is 244 Å². The Bertz CT molecular complexity index is 3830. The van der Waals surface area contributed by atoms with Crippen molar-refractivity contribution >= 4 is 109 Å². The van der Waals surface area contributed by atoms with Crippen molar-refractivity contribution in [1.29, 1.82) is 0 Å². The van der Waals surface area contributed by atoms with E-state index in [1.165, 1.54) is 40.3 Å². The van der Waals surface area contributed by atoms with Gasteiger partial charge in [-0.1, -0.05) is 183 Å². The van der Waals surface area contributed by atoms with E-state index in [0.29, 0.717) is 11.1 Å². The molecule has 0 spiro atoms. The van der Waals surface area contributed by atoms with E-state index in [-0.39, 0.29) is 12.1 Å². The monoisotopic (exact) mass is 910 g/mol. The molecule has 0 fully saturated rings. The van der Waals surface area contributed by atoms with Crippen molar-refractivity contribution in [2.45, 2.75) is 0 Å². The van der Waals surface area contributed by atoms with Gasteiger partial charge in [-0.2, -0.15) is 0 Å². The number of fused-ring (bicyclic) bond motifs is 6. The zero-order chi connectivity index (χ0) is 50.5. The molecule has 0 bridgehead atoms. The Kier molecular flexibility index (Phi) is 9.01. The van der Waals surface area contributed by atoms with E-state index in [9.17, 15) is 0 Å². The molecule has 0 saturated heterocycles. The van der Waals surface area contributed by atoms with Crippen molar-refractivity contribution in [1.82, 2.24) is 0 Å². The second-order valence-corrected chi connectivity index (χ2v) is 18.9. The number of nitrogens with zero attached hydrogens (tertiary/aromatic N) is 2. The summed E-state index contributed by atoms with van der Waals surface area (Å²) in [6.45, 7) is -1.01. The van der Waals surface area contributed by atoms with E-state index in [1.807, 2.05) is 24.3 Å². The standard InChI is InChI=1S/C64H44N2S2/c1-3-43-19-23-45(24-20-43)47-27-35-51(36-28-47)65(59-15-9-13-57-55-11-5-7-17-61(55)67-63(57)59)53-39-31-49(32-40-53)50-33-41-54(42-34-50)66(52-37-29-48(30-38-52)46-25-21-44(4-2)22-26-46)60-16-10-14-58-56-12-6-8-18-62(56)68-64(58)60/h3-42H,1-2H2/i1D2,2D2,3D,4D. The summed E-state index contributed by atoms with van der Waals surface area (Å²) in [6.07, 6.45) is 0. The first-order chi connectivity index (χ1) is 36.2. The number of rotatable bonds is 11. The fraction of sp³-hybridized carbons (Fsp3) is 0. The summed E-state index contributed by atoms with van der Waals surface area (Å²) in [5.41, 5.74) is 13.6. The Labute approximate surface area is 413 Å². The molecule has 12 rings (SSSR count). The maximum absolute atomic E-state index is 8.09. The Balaban J connectivity index is 0.897. The highest BCUT2D eigenvalue weighted by molar-refractivity contribution is 7.26. The molecule has 0 aliphatic carbocycles. The Morgan fingerprint density at radius 3 is 0.941 bits per heavy atom. The normalized spacial score (nSPS) is 12.5. The van der Waals surface area contributed by atoms with Gasteiger partial charge in [0, 0.05) is 53.7 Å². The minimum atomic E-state index is -0.503. The predicted octanol–water partition coefficient (Wildman–Crippen LogP) is 19.6. The first kappa shape index (κ1) is 35.0. The van der Waals surface area contributed by atoms with Crippen LogP contribution in [0, 0.1) is 0 Å². The van der Waals surface area contributed by atoms with E-state index in [0.717, 1.165) is 67.5 Å². The highest BCUT2D eigenvalue weighted by Gasteiger charge is 2.21. The van der Waals surface area contributed by atoms with E-state index in [4.69, 9.17) is 8.22 Å². The van der Waals surface area contributed by atoms with Gasteiger partial charge in [0.2, 0.25) is 0 Å². The molecular weight excluding hydrogens is 861 g/mol. The summed E-state index contributed by atoms with van der Waals surface area (Å²) < 4.78 is 51.4. The predicted molar refractivity (Wildman–Crippen MR) is 298 cm³/mol. The largest absolute Gasteiger partial charge is 0.309 e. The molecule has 0 amide bonds. The van der Waals surface area contributed by atoms with Crippen molar-refractivity contribution in [2.24, 2.45) is 0 Å². The smallest absolute Gasteiger partial charge is 0.0640 e. The average Bonchev–Trinajstić information content (AvgIpc) is 4.03. The maximum Gasteiger partial charge on any atom is 0.0640 e. The van der Waals surface area contributed by atoms with Gasteiger partial charge in [-0.15, -0.1) is 22.7 Å². The van der Waals surface area contributed by atoms with Crippen LogP contribution < -0.4 is 9.80 Å². The van der Waals surface area contributed by atoms with Crippen LogP contribution in [0.5, 0.6) is 0 Å². The first-order valence-electron chi connectivity index (χ1n) is 25.5. The summed E-state index contributed by atoms with van der Waals surface area (Å²) >= 11 is 3.61. The van der Waals surface area contributed by atoms with Crippen LogP contribution in [-0.4, -0.2) is 0 Å². The molecule has 2 heterocycles. The molecule has 0 aliphatic heterocycles. The van der Waals surface area contributed by atoms with Crippen LogP contribution in [0.1, 0.15) is 19.4 Å². The fourth-order valence-electron chi connectivity index (χ4n) is 9.38. The summed E-state index contributed by atoms with van der Waals surface area (Å²) in [5, 5.41) is 4.93. The molecule has 0 radical (unpaired) electrons. The minimum absolute atomic E-state index is 0.0984. The van der Waals surface area contributed by atoms with E-state index in [2.05, 4.69) is 192 Å². The zero-order valence-electron chi connectivity index (χ0n) is 42.7. The van der Waals surface area contributed by atoms with E-state index in [1.54, 1.807) is 46.9 Å². The first-order valence-corrected chi connectivity index (χ1v) is 24.1. The molecule has 2 aromatic heterocycles. The van der Waals surface area contributed by atoms with Gasteiger partial charge in [-0.25, -0.2) is 0 Å². The highest BCUT2D eigenvalue weighted by atomic mass is 32.1. The third-order valence-corrected chi connectivity index (χ3v) is 15.2. The quantitative estimate of drug-likeness (QED) is 0.128. The second kappa shape index (κ2) is 17.5. The SMILES string of the molecule is [2H]C([2H])=C([2H])c1ccc(-c2ccc(N(c3ccc(-c4ccc(N(c5ccc(-c6ccc(C([2H])=C([2H])[2H])cc6)cc5)c5cccc6c5sc5ccccc56)cc4)cc3)c3cccc4c3sc3ccccc34)cc2)cc1. The van der Waals surface area contributed by atoms with Crippen molar-refractivity contribution in [2.75, 3.05) is 9.80 Å². The lowest BCUT2D eigenvalue weighted by Crippen LogP contribution is -2.10. The molecule has 10 aromatic carbocycles. The molecule has 0 N–H and O–H groups in total. The summed E-state index contributed by atoms with van der Waals surface area (Å²) in [4.78, 5) is 4.67. The van der Waals surface area contributed by atoms with Crippen LogP contribution in [-0.2, 0) is 0 Å². The Morgan fingerprint density at radius 2 is 0.618 bits per heavy atom. The van der Waals surface area contributed by atoms with Gasteiger partial charge >= 0.3 is 0 Å². The number of hydrogen-bond donors (Lipinski definition) is 0. The van der Waals surface area contributed by atoms with Crippen LogP contribution in [0.2, 0.25) is 0 Å². The minimum Gasteiger partial charge on any atom is -0.309 e. The van der Waals surface area contributed by atoms with Crippen LogP contribution in [0.25, 0.3) is 85.8 Å². The van der Waals surface area contributed by atoms with Gasteiger partial charge in [0.15, 0.2) is 0 Å². The Hall–Kier alpha value is -8.28. The van der Waals surface area contributed by atoms with Crippen LogP contribution in [0.3, 0.4) is 0 Å². The zero-order valence-corrected chi connectivity index (χ0v) is 38.3. The van der Waals surface area contributed by atoms with Gasteiger partial charge in [0.1, 0.15) is 0 Å². The van der Waals surface area contributed by atoms with Crippen LogP contribution >= 0.6 is 22.7 Å². The van der Waals surface area contributed by atoms with Gasteiger partial charge in [-0.05, 0) is 117 Å². The van der Waals surface area contributed by atoms with Gasteiger partial charge in [0.05, 0.1) is 29.0 Å².